The van der Waals surface area contributed by atoms with Gasteiger partial charge >= 0.3 is 0 Å². The molecule has 4 heteroatoms. The Morgan fingerprint density at radius 2 is 1.95 bits per heavy atom. The number of guanidine groups is 1. The highest BCUT2D eigenvalue weighted by atomic mass is 35.5. The van der Waals surface area contributed by atoms with E-state index in [9.17, 15) is 0 Å². The molecule has 0 saturated heterocycles. The second-order valence-electron chi connectivity index (χ2n) is 5.35. The normalized spacial score (nSPS) is 16.4. The average molecular weight is 294 g/mol. The molecule has 0 aromatic heterocycles. The number of nitrogens with zero attached hydrogens (tertiary/aromatic N) is 1. The largest absolute Gasteiger partial charge is 0.356 e. The summed E-state index contributed by atoms with van der Waals surface area (Å²) in [5, 5.41) is 7.68. The highest BCUT2D eigenvalue weighted by Crippen LogP contribution is 2.17. The molecule has 0 atom stereocenters. The van der Waals surface area contributed by atoms with E-state index in [0.717, 1.165) is 30.4 Å². The van der Waals surface area contributed by atoms with Crippen molar-refractivity contribution in [2.45, 2.75) is 44.6 Å². The van der Waals surface area contributed by atoms with Crippen molar-refractivity contribution in [2.75, 3.05) is 13.6 Å². The Morgan fingerprint density at radius 3 is 2.60 bits per heavy atom. The molecular formula is C16H24ClN3. The predicted octanol–water partition coefficient (Wildman–Crippen LogP) is 3.38. The molecule has 0 radical (unpaired) electrons. The van der Waals surface area contributed by atoms with Crippen LogP contribution in [0.1, 0.15) is 37.7 Å². The molecule has 1 aliphatic carbocycles. The molecule has 1 fully saturated rings. The SMILES string of the molecule is CN=C(NCCCc1ccc(Cl)cc1)NC1CCCC1. The maximum absolute atomic E-state index is 5.88. The molecule has 0 amide bonds. The van der Waals surface area contributed by atoms with Crippen molar-refractivity contribution in [3.63, 3.8) is 0 Å². The molecule has 0 spiro atoms. The lowest BCUT2D eigenvalue weighted by molar-refractivity contribution is 0.610. The van der Waals surface area contributed by atoms with Crippen LogP contribution >= 0.6 is 11.6 Å². The second kappa shape index (κ2) is 8.15. The fraction of sp³-hybridized carbons (Fsp3) is 0.562. The van der Waals surface area contributed by atoms with Crippen LogP contribution in [0.3, 0.4) is 0 Å². The Bertz CT molecular complexity index is 422. The monoisotopic (exact) mass is 293 g/mol. The highest BCUT2D eigenvalue weighted by molar-refractivity contribution is 6.30. The first-order valence-corrected chi connectivity index (χ1v) is 7.87. The Labute approximate surface area is 126 Å². The quantitative estimate of drug-likeness (QED) is 0.496. The van der Waals surface area contributed by atoms with E-state index in [1.807, 2.05) is 19.2 Å². The van der Waals surface area contributed by atoms with E-state index in [1.165, 1.54) is 31.2 Å². The molecule has 1 saturated carbocycles. The molecule has 0 bridgehead atoms. The predicted molar refractivity (Wildman–Crippen MR) is 86.5 cm³/mol. The molecule has 1 aromatic rings. The van der Waals surface area contributed by atoms with Gasteiger partial charge in [0.2, 0.25) is 0 Å². The molecule has 0 heterocycles. The Morgan fingerprint density at radius 1 is 1.25 bits per heavy atom. The number of nitrogens with one attached hydrogen (secondary N) is 2. The Hall–Kier alpha value is -1.22. The zero-order valence-corrected chi connectivity index (χ0v) is 12.9. The summed E-state index contributed by atoms with van der Waals surface area (Å²) in [6, 6.07) is 8.69. The number of rotatable bonds is 5. The van der Waals surface area contributed by atoms with E-state index in [1.54, 1.807) is 0 Å². The van der Waals surface area contributed by atoms with Gasteiger partial charge in [-0.05, 0) is 43.4 Å². The van der Waals surface area contributed by atoms with E-state index >= 15 is 0 Å². The van der Waals surface area contributed by atoms with E-state index in [0.29, 0.717) is 6.04 Å². The van der Waals surface area contributed by atoms with Gasteiger partial charge in [0, 0.05) is 24.7 Å². The van der Waals surface area contributed by atoms with Gasteiger partial charge in [0.1, 0.15) is 0 Å². The van der Waals surface area contributed by atoms with E-state index < -0.39 is 0 Å². The third-order valence-electron chi connectivity index (χ3n) is 3.77. The first kappa shape index (κ1) is 15.2. The van der Waals surface area contributed by atoms with Gasteiger partial charge in [0.15, 0.2) is 5.96 Å². The molecule has 1 aromatic carbocycles. The molecule has 110 valence electrons. The first-order valence-electron chi connectivity index (χ1n) is 7.49. The standard InChI is InChI=1S/C16H24ClN3/c1-18-16(20-15-6-2-3-7-15)19-12-4-5-13-8-10-14(17)11-9-13/h8-11,15H,2-7,12H2,1H3,(H2,18,19,20). The van der Waals surface area contributed by atoms with Gasteiger partial charge in [-0.2, -0.15) is 0 Å². The summed E-state index contributed by atoms with van der Waals surface area (Å²) in [5.41, 5.74) is 1.33. The van der Waals surface area contributed by atoms with Crippen LogP contribution in [0.5, 0.6) is 0 Å². The van der Waals surface area contributed by atoms with Gasteiger partial charge in [0.25, 0.3) is 0 Å². The third-order valence-corrected chi connectivity index (χ3v) is 4.02. The third kappa shape index (κ3) is 5.04. The first-order chi connectivity index (χ1) is 9.78. The van der Waals surface area contributed by atoms with Crippen LogP contribution in [0.4, 0.5) is 0 Å². The Kier molecular flexibility index (Phi) is 6.19. The molecule has 2 rings (SSSR count). The van der Waals surface area contributed by atoms with Crippen LogP contribution < -0.4 is 10.6 Å². The minimum absolute atomic E-state index is 0.609. The summed E-state index contributed by atoms with van der Waals surface area (Å²) >= 11 is 5.88. The maximum atomic E-state index is 5.88. The van der Waals surface area contributed by atoms with Gasteiger partial charge in [0.05, 0.1) is 0 Å². The minimum Gasteiger partial charge on any atom is -0.356 e. The zero-order chi connectivity index (χ0) is 14.2. The van der Waals surface area contributed by atoms with Crippen LogP contribution in [0, 0.1) is 0 Å². The number of halogens is 1. The number of hydrogen-bond donors (Lipinski definition) is 2. The van der Waals surface area contributed by atoms with Gasteiger partial charge in [-0.15, -0.1) is 0 Å². The van der Waals surface area contributed by atoms with Gasteiger partial charge in [-0.1, -0.05) is 36.6 Å². The van der Waals surface area contributed by atoms with Crippen molar-refractivity contribution in [2.24, 2.45) is 4.99 Å². The highest BCUT2D eigenvalue weighted by Gasteiger charge is 2.15. The van der Waals surface area contributed by atoms with Crippen LogP contribution in [0.25, 0.3) is 0 Å². The topological polar surface area (TPSA) is 36.4 Å². The van der Waals surface area contributed by atoms with Crippen molar-refractivity contribution < 1.29 is 0 Å². The van der Waals surface area contributed by atoms with Crippen LogP contribution in [0.15, 0.2) is 29.3 Å². The molecule has 1 aliphatic rings. The van der Waals surface area contributed by atoms with E-state index in [4.69, 9.17) is 11.6 Å². The lowest BCUT2D eigenvalue weighted by atomic mass is 10.1. The van der Waals surface area contributed by atoms with Crippen molar-refractivity contribution in [1.82, 2.24) is 10.6 Å². The fourth-order valence-electron chi connectivity index (χ4n) is 2.61. The van der Waals surface area contributed by atoms with Crippen LogP contribution in [-0.2, 0) is 6.42 Å². The molecular weight excluding hydrogens is 270 g/mol. The number of hydrogen-bond acceptors (Lipinski definition) is 1. The van der Waals surface area contributed by atoms with E-state index in [-0.39, 0.29) is 0 Å². The van der Waals surface area contributed by atoms with E-state index in [2.05, 4.69) is 27.8 Å². The number of benzene rings is 1. The molecule has 0 unspecified atom stereocenters. The fourth-order valence-corrected chi connectivity index (χ4v) is 2.73. The number of aliphatic imine (C=N–C) groups is 1. The second-order valence-corrected chi connectivity index (χ2v) is 5.79. The van der Waals surface area contributed by atoms with Gasteiger partial charge in [-0.3, -0.25) is 4.99 Å². The maximum Gasteiger partial charge on any atom is 0.191 e. The van der Waals surface area contributed by atoms with Crippen LogP contribution in [-0.4, -0.2) is 25.6 Å². The average Bonchev–Trinajstić information content (AvgIpc) is 2.97. The van der Waals surface area contributed by atoms with Gasteiger partial charge < -0.3 is 10.6 Å². The lowest BCUT2D eigenvalue weighted by Gasteiger charge is -2.16. The molecule has 0 aliphatic heterocycles. The zero-order valence-electron chi connectivity index (χ0n) is 12.2. The smallest absolute Gasteiger partial charge is 0.191 e. The summed E-state index contributed by atoms with van der Waals surface area (Å²) in [6.07, 6.45) is 7.37. The van der Waals surface area contributed by atoms with Crippen molar-refractivity contribution in [1.29, 1.82) is 0 Å². The van der Waals surface area contributed by atoms with Gasteiger partial charge in [-0.25, -0.2) is 0 Å². The van der Waals surface area contributed by atoms with Crippen molar-refractivity contribution >= 4 is 17.6 Å². The molecule has 2 N–H and O–H groups in total. The summed E-state index contributed by atoms with van der Waals surface area (Å²) < 4.78 is 0. The Balaban J connectivity index is 1.64. The van der Waals surface area contributed by atoms with Crippen LogP contribution in [0.2, 0.25) is 5.02 Å². The molecule has 20 heavy (non-hydrogen) atoms. The lowest BCUT2D eigenvalue weighted by Crippen LogP contribution is -2.42. The molecule has 3 nitrogen and oxygen atoms in total. The summed E-state index contributed by atoms with van der Waals surface area (Å²) in [4.78, 5) is 4.28. The summed E-state index contributed by atoms with van der Waals surface area (Å²) in [5.74, 6) is 0.938. The minimum atomic E-state index is 0.609. The van der Waals surface area contributed by atoms with Crippen molar-refractivity contribution in [3.8, 4) is 0 Å². The van der Waals surface area contributed by atoms with Crippen molar-refractivity contribution in [3.05, 3.63) is 34.9 Å². The number of aryl methyl sites for hydroxylation is 1. The summed E-state index contributed by atoms with van der Waals surface area (Å²) in [6.45, 7) is 0.940. The summed E-state index contributed by atoms with van der Waals surface area (Å²) in [7, 11) is 1.84.